The Hall–Kier alpha value is -0.710. The van der Waals surface area contributed by atoms with Gasteiger partial charge in [0.25, 0.3) is 0 Å². The number of carbonyl (C=O) groups is 1. The van der Waals surface area contributed by atoms with E-state index >= 15 is 0 Å². The third-order valence-electron chi connectivity index (χ3n) is 4.74. The van der Waals surface area contributed by atoms with Gasteiger partial charge in [0.05, 0.1) is 0 Å². The van der Waals surface area contributed by atoms with Crippen molar-refractivity contribution in [2.24, 2.45) is 0 Å². The molecule has 0 saturated carbocycles. The van der Waals surface area contributed by atoms with Crippen molar-refractivity contribution in [1.82, 2.24) is 5.32 Å². The van der Waals surface area contributed by atoms with Gasteiger partial charge in [-0.05, 0) is 32.1 Å². The molecular formula is C21H41FNO4P. The van der Waals surface area contributed by atoms with Crippen molar-refractivity contribution in [2.45, 2.75) is 109 Å². The molecule has 0 aromatic carbocycles. The summed E-state index contributed by atoms with van der Waals surface area (Å²) in [4.78, 5) is 28.8. The quantitative estimate of drug-likeness (QED) is 0.136. The average Bonchev–Trinajstić information content (AvgIpc) is 2.64. The molecule has 0 rings (SSSR count). The number of hydrogen-bond acceptors (Lipinski definition) is 2. The summed E-state index contributed by atoms with van der Waals surface area (Å²) >= 11 is 0. The maximum Gasteiger partial charge on any atom is 0.359 e. The van der Waals surface area contributed by atoms with Crippen LogP contribution in [0.15, 0.2) is 12.2 Å². The topological polar surface area (TPSA) is 86.6 Å². The standard InChI is InChI=1S/C21H41FNO4P/c1-2-3-4-5-6-7-8-9-10-11-12-13-14-15-16-17-21(24)23-19-18-20(22)28(25,26)27/h9-10,20H,2-8,11-19H2,1H3,(H,23,24)(H2,25,26,27)/b10-9-. The lowest BCUT2D eigenvalue weighted by Crippen LogP contribution is -2.26. The van der Waals surface area contributed by atoms with Crippen molar-refractivity contribution in [3.8, 4) is 0 Å². The Morgan fingerprint density at radius 1 is 0.929 bits per heavy atom. The van der Waals surface area contributed by atoms with E-state index in [2.05, 4.69) is 24.4 Å². The lowest BCUT2D eigenvalue weighted by Gasteiger charge is -2.10. The van der Waals surface area contributed by atoms with Crippen molar-refractivity contribution in [2.75, 3.05) is 6.54 Å². The fourth-order valence-corrected chi connectivity index (χ4v) is 3.41. The first-order valence-corrected chi connectivity index (χ1v) is 12.7. The highest BCUT2D eigenvalue weighted by molar-refractivity contribution is 7.52. The van der Waals surface area contributed by atoms with Crippen LogP contribution in [0, 0.1) is 0 Å². The first-order valence-electron chi connectivity index (χ1n) is 11.0. The summed E-state index contributed by atoms with van der Waals surface area (Å²) in [5.74, 6) is -2.39. The minimum atomic E-state index is -4.69. The summed E-state index contributed by atoms with van der Waals surface area (Å²) in [5.41, 5.74) is 0. The monoisotopic (exact) mass is 421 g/mol. The van der Waals surface area contributed by atoms with Gasteiger partial charge in [-0.1, -0.05) is 70.4 Å². The fraction of sp³-hybridized carbons (Fsp3) is 0.857. The molecule has 1 unspecified atom stereocenters. The Morgan fingerprint density at radius 3 is 1.96 bits per heavy atom. The van der Waals surface area contributed by atoms with Gasteiger partial charge in [0.2, 0.25) is 11.8 Å². The number of nitrogens with one attached hydrogen (secondary N) is 1. The minimum Gasteiger partial charge on any atom is -0.356 e. The fourth-order valence-electron chi connectivity index (χ4n) is 2.94. The molecule has 0 aromatic heterocycles. The number of carbonyl (C=O) groups excluding carboxylic acids is 1. The third-order valence-corrected chi connectivity index (χ3v) is 5.72. The molecule has 0 fully saturated rings. The van der Waals surface area contributed by atoms with E-state index in [9.17, 15) is 13.8 Å². The smallest absolute Gasteiger partial charge is 0.356 e. The van der Waals surface area contributed by atoms with Crippen LogP contribution >= 0.6 is 7.60 Å². The summed E-state index contributed by atoms with van der Waals surface area (Å²) in [6.07, 6.45) is 20.2. The molecule has 0 aliphatic rings. The van der Waals surface area contributed by atoms with Crippen LogP contribution in [0.3, 0.4) is 0 Å². The Bertz CT molecular complexity index is 454. The summed E-state index contributed by atoms with van der Waals surface area (Å²) < 4.78 is 23.7. The lowest BCUT2D eigenvalue weighted by atomic mass is 10.1. The molecule has 0 aromatic rings. The van der Waals surface area contributed by atoms with Gasteiger partial charge in [0.15, 0.2) is 0 Å². The van der Waals surface area contributed by atoms with E-state index in [1.165, 1.54) is 51.4 Å². The van der Waals surface area contributed by atoms with E-state index in [1.807, 2.05) is 0 Å². The summed E-state index contributed by atoms with van der Waals surface area (Å²) in [5, 5.41) is 2.50. The second-order valence-electron chi connectivity index (χ2n) is 7.50. The predicted molar refractivity (Wildman–Crippen MR) is 114 cm³/mol. The molecule has 0 radical (unpaired) electrons. The maximum atomic E-state index is 13.0. The number of rotatable bonds is 19. The zero-order valence-corrected chi connectivity index (χ0v) is 18.5. The number of unbranched alkanes of at least 4 members (excludes halogenated alkanes) is 11. The molecule has 0 spiro atoms. The van der Waals surface area contributed by atoms with Gasteiger partial charge in [-0.15, -0.1) is 0 Å². The van der Waals surface area contributed by atoms with Gasteiger partial charge >= 0.3 is 7.60 Å². The van der Waals surface area contributed by atoms with E-state index in [0.29, 0.717) is 6.42 Å². The SMILES string of the molecule is CCCCCCCC/C=C\CCCCCCCC(=O)NCCC(F)P(=O)(O)O. The van der Waals surface area contributed by atoms with E-state index < -0.39 is 13.5 Å². The Balaban J connectivity index is 3.35. The number of hydrogen-bond donors (Lipinski definition) is 3. The summed E-state index contributed by atoms with van der Waals surface area (Å²) in [6, 6.07) is 0. The molecule has 0 heterocycles. The van der Waals surface area contributed by atoms with Crippen molar-refractivity contribution >= 4 is 13.5 Å². The van der Waals surface area contributed by atoms with Crippen molar-refractivity contribution in [3.05, 3.63) is 12.2 Å². The zero-order chi connectivity index (χ0) is 21.1. The molecule has 1 atom stereocenters. The van der Waals surface area contributed by atoms with Gasteiger partial charge < -0.3 is 15.1 Å². The number of alkyl halides is 1. The highest BCUT2D eigenvalue weighted by atomic mass is 31.2. The Kier molecular flexibility index (Phi) is 17.9. The molecule has 7 heteroatoms. The normalized spacial score (nSPS) is 13.1. The highest BCUT2D eigenvalue weighted by Crippen LogP contribution is 2.43. The van der Waals surface area contributed by atoms with E-state index in [4.69, 9.17) is 9.79 Å². The molecule has 5 nitrogen and oxygen atoms in total. The summed E-state index contributed by atoms with van der Waals surface area (Å²) in [7, 11) is -4.69. The minimum absolute atomic E-state index is 0.0455. The lowest BCUT2D eigenvalue weighted by molar-refractivity contribution is -0.121. The third kappa shape index (κ3) is 18.6. The molecule has 28 heavy (non-hydrogen) atoms. The van der Waals surface area contributed by atoms with Crippen molar-refractivity contribution in [3.63, 3.8) is 0 Å². The molecule has 0 aliphatic carbocycles. The van der Waals surface area contributed by atoms with Gasteiger partial charge in [-0.3, -0.25) is 9.36 Å². The number of allylic oxidation sites excluding steroid dienone is 2. The van der Waals surface area contributed by atoms with Gasteiger partial charge in [-0.25, -0.2) is 4.39 Å². The molecular weight excluding hydrogens is 380 g/mol. The van der Waals surface area contributed by atoms with Gasteiger partial charge in [0.1, 0.15) is 0 Å². The first-order chi connectivity index (χ1) is 13.4. The van der Waals surface area contributed by atoms with Crippen LogP contribution in [0.5, 0.6) is 0 Å². The van der Waals surface area contributed by atoms with Crippen LogP contribution in [0.2, 0.25) is 0 Å². The average molecular weight is 422 g/mol. The highest BCUT2D eigenvalue weighted by Gasteiger charge is 2.27. The Morgan fingerprint density at radius 2 is 1.43 bits per heavy atom. The van der Waals surface area contributed by atoms with Crippen LogP contribution < -0.4 is 5.32 Å². The van der Waals surface area contributed by atoms with Gasteiger partial charge in [0, 0.05) is 19.4 Å². The molecule has 0 bridgehead atoms. The van der Waals surface area contributed by atoms with Crippen molar-refractivity contribution in [1.29, 1.82) is 0 Å². The second kappa shape index (κ2) is 18.3. The molecule has 3 N–H and O–H groups in total. The Labute approximate surface area is 170 Å². The largest absolute Gasteiger partial charge is 0.359 e. The van der Waals surface area contributed by atoms with Crippen LogP contribution in [0.25, 0.3) is 0 Å². The molecule has 0 aliphatic heterocycles. The van der Waals surface area contributed by atoms with Crippen LogP contribution in [-0.4, -0.2) is 28.2 Å². The molecule has 1 amide bonds. The van der Waals surface area contributed by atoms with Crippen LogP contribution in [0.4, 0.5) is 4.39 Å². The number of amides is 1. The predicted octanol–water partition coefficient (Wildman–Crippen LogP) is 6.00. The first kappa shape index (κ1) is 27.3. The zero-order valence-electron chi connectivity index (χ0n) is 17.6. The molecule has 0 saturated heterocycles. The van der Waals surface area contributed by atoms with Gasteiger partial charge in [-0.2, -0.15) is 0 Å². The second-order valence-corrected chi connectivity index (χ2v) is 9.23. The van der Waals surface area contributed by atoms with E-state index in [0.717, 1.165) is 32.1 Å². The van der Waals surface area contributed by atoms with E-state index in [1.54, 1.807) is 0 Å². The van der Waals surface area contributed by atoms with Crippen LogP contribution in [-0.2, 0) is 9.36 Å². The summed E-state index contributed by atoms with van der Waals surface area (Å²) in [6.45, 7) is 2.20. The van der Waals surface area contributed by atoms with Crippen molar-refractivity contribution < 1.29 is 23.5 Å². The molecule has 166 valence electrons. The number of halogens is 1. The van der Waals surface area contributed by atoms with Crippen LogP contribution in [0.1, 0.15) is 103 Å². The maximum absolute atomic E-state index is 13.0. The van der Waals surface area contributed by atoms with E-state index in [-0.39, 0.29) is 18.9 Å².